The topological polar surface area (TPSA) is 6.48 Å². The largest absolute Gasteiger partial charge is 0.409 e. The number of hydrogen-bond acceptors (Lipinski definition) is 2. The van der Waals surface area contributed by atoms with Gasteiger partial charge >= 0.3 is 7.02 Å². The van der Waals surface area contributed by atoms with Crippen molar-refractivity contribution in [1.82, 2.24) is 9.13 Å². The Hall–Kier alpha value is 0.717. The fourth-order valence-electron chi connectivity index (χ4n) is 5.64. The molecule has 4 aliphatic rings. The van der Waals surface area contributed by atoms with E-state index < -0.39 is 7.02 Å². The summed E-state index contributed by atoms with van der Waals surface area (Å²) in [6, 6.07) is 1.39. The molecule has 120 valence electrons. The molecule has 4 fully saturated rings. The number of halogens is 2. The highest BCUT2D eigenvalue weighted by Gasteiger charge is 2.55. The molecule has 21 heavy (non-hydrogen) atoms. The molecule has 4 unspecified atom stereocenters. The van der Waals surface area contributed by atoms with Gasteiger partial charge in [-0.2, -0.15) is 0 Å². The lowest BCUT2D eigenvalue weighted by atomic mass is 9.85. The standard InChI is InChI=1S/C16H28Cl2N2Si/c17-21(18,19-11-9-13-5-1-3-7-15(13)19)20-12-10-14-6-2-4-8-16(14)20/h13-16H,1-12H2. The van der Waals surface area contributed by atoms with Crippen molar-refractivity contribution in [2.75, 3.05) is 13.1 Å². The van der Waals surface area contributed by atoms with Gasteiger partial charge in [-0.05, 0) is 63.5 Å². The minimum absolute atomic E-state index is 0.697. The van der Waals surface area contributed by atoms with Gasteiger partial charge < -0.3 is 0 Å². The van der Waals surface area contributed by atoms with Gasteiger partial charge in [0.2, 0.25) is 0 Å². The smallest absolute Gasteiger partial charge is 0.284 e. The van der Waals surface area contributed by atoms with Gasteiger partial charge in [-0.1, -0.05) is 25.7 Å². The van der Waals surface area contributed by atoms with Crippen molar-refractivity contribution in [3.8, 4) is 0 Å². The molecule has 2 heterocycles. The molecule has 2 aliphatic heterocycles. The molecule has 4 atom stereocenters. The van der Waals surface area contributed by atoms with Crippen molar-refractivity contribution < 1.29 is 0 Å². The van der Waals surface area contributed by atoms with Crippen molar-refractivity contribution in [2.45, 2.75) is 76.3 Å². The average Bonchev–Trinajstić information content (AvgIpc) is 3.12. The number of fused-ring (bicyclic) bond motifs is 2. The quantitative estimate of drug-likeness (QED) is 0.539. The van der Waals surface area contributed by atoms with Gasteiger partial charge in [-0.25, -0.2) is 0 Å². The van der Waals surface area contributed by atoms with Gasteiger partial charge in [-0.15, -0.1) is 22.2 Å². The zero-order valence-electron chi connectivity index (χ0n) is 12.9. The third kappa shape index (κ3) is 2.61. The molecule has 2 nitrogen and oxygen atoms in total. The first kappa shape index (κ1) is 15.3. The van der Waals surface area contributed by atoms with E-state index in [-0.39, 0.29) is 0 Å². The van der Waals surface area contributed by atoms with Crippen LogP contribution in [0.4, 0.5) is 0 Å². The van der Waals surface area contributed by atoms with Crippen molar-refractivity contribution in [1.29, 1.82) is 0 Å². The lowest BCUT2D eigenvalue weighted by Crippen LogP contribution is -2.62. The van der Waals surface area contributed by atoms with E-state index in [2.05, 4.69) is 9.13 Å². The average molecular weight is 347 g/mol. The molecule has 0 aromatic rings. The normalized spacial score (nSPS) is 42.0. The van der Waals surface area contributed by atoms with Crippen LogP contribution in [0.2, 0.25) is 0 Å². The third-order valence-electron chi connectivity index (χ3n) is 6.71. The molecular formula is C16H28Cl2N2Si. The Labute approximate surface area is 139 Å². The monoisotopic (exact) mass is 346 g/mol. The van der Waals surface area contributed by atoms with E-state index in [0.717, 1.165) is 24.9 Å². The number of rotatable bonds is 2. The van der Waals surface area contributed by atoms with Crippen LogP contribution >= 0.6 is 22.2 Å². The van der Waals surface area contributed by atoms with Crippen LogP contribution in [0, 0.1) is 11.8 Å². The molecule has 0 bridgehead atoms. The second-order valence-corrected chi connectivity index (χ2v) is 13.6. The Morgan fingerprint density at radius 1 is 0.619 bits per heavy atom. The first-order valence-electron chi connectivity index (χ1n) is 9.09. The number of hydrogen-bond donors (Lipinski definition) is 0. The maximum atomic E-state index is 7.14. The van der Waals surface area contributed by atoms with Crippen LogP contribution in [0.5, 0.6) is 0 Å². The molecule has 2 saturated carbocycles. The summed E-state index contributed by atoms with van der Waals surface area (Å²) in [4.78, 5) is 0. The lowest BCUT2D eigenvalue weighted by Gasteiger charge is -2.45. The van der Waals surface area contributed by atoms with Crippen LogP contribution in [-0.4, -0.2) is 41.3 Å². The zero-order valence-corrected chi connectivity index (χ0v) is 15.5. The van der Waals surface area contributed by atoms with Crippen molar-refractivity contribution in [2.24, 2.45) is 11.8 Å². The molecule has 0 aromatic carbocycles. The molecule has 0 aromatic heterocycles. The van der Waals surface area contributed by atoms with Crippen molar-refractivity contribution in [3.05, 3.63) is 0 Å². The van der Waals surface area contributed by atoms with Gasteiger partial charge in [0.05, 0.1) is 0 Å². The summed E-state index contributed by atoms with van der Waals surface area (Å²) in [6.45, 7) is 2.31. The first-order chi connectivity index (χ1) is 10.2. The van der Waals surface area contributed by atoms with Crippen LogP contribution in [0.1, 0.15) is 64.2 Å². The molecule has 0 radical (unpaired) electrons. The summed E-state index contributed by atoms with van der Waals surface area (Å²) in [6.07, 6.45) is 13.7. The maximum Gasteiger partial charge on any atom is 0.409 e. The molecule has 2 saturated heterocycles. The van der Waals surface area contributed by atoms with E-state index in [9.17, 15) is 0 Å². The molecule has 0 N–H and O–H groups in total. The summed E-state index contributed by atoms with van der Waals surface area (Å²) in [7, 11) is -2.44. The van der Waals surface area contributed by atoms with Gasteiger partial charge in [0.15, 0.2) is 0 Å². The predicted octanol–water partition coefficient (Wildman–Crippen LogP) is 4.43. The highest BCUT2D eigenvalue weighted by molar-refractivity contribution is 7.42. The predicted molar refractivity (Wildman–Crippen MR) is 91.6 cm³/mol. The van der Waals surface area contributed by atoms with Gasteiger partial charge in [0.1, 0.15) is 0 Å². The second kappa shape index (κ2) is 5.97. The van der Waals surface area contributed by atoms with Crippen LogP contribution in [0.3, 0.4) is 0 Å². The zero-order chi connectivity index (χ0) is 14.4. The molecular weight excluding hydrogens is 319 g/mol. The second-order valence-electron chi connectivity index (χ2n) is 7.70. The highest BCUT2D eigenvalue weighted by atomic mass is 35.7. The lowest BCUT2D eigenvalue weighted by molar-refractivity contribution is 0.217. The van der Waals surface area contributed by atoms with Gasteiger partial charge in [0, 0.05) is 12.1 Å². The van der Waals surface area contributed by atoms with Crippen molar-refractivity contribution >= 4 is 29.2 Å². The minimum Gasteiger partial charge on any atom is -0.284 e. The summed E-state index contributed by atoms with van der Waals surface area (Å²) in [5.41, 5.74) is 0. The minimum atomic E-state index is -2.44. The third-order valence-corrected chi connectivity index (χ3v) is 11.8. The van der Waals surface area contributed by atoms with E-state index in [1.165, 1.54) is 64.2 Å². The van der Waals surface area contributed by atoms with E-state index in [0.29, 0.717) is 12.1 Å². The molecule has 2 aliphatic carbocycles. The van der Waals surface area contributed by atoms with E-state index in [1.54, 1.807) is 0 Å². The molecule has 5 heteroatoms. The molecule has 4 rings (SSSR count). The summed E-state index contributed by atoms with van der Waals surface area (Å²) in [5.74, 6) is 1.76. The number of nitrogens with zero attached hydrogens (tertiary/aromatic N) is 2. The van der Waals surface area contributed by atoms with Crippen LogP contribution < -0.4 is 0 Å². The van der Waals surface area contributed by atoms with E-state index in [4.69, 9.17) is 22.2 Å². The maximum absolute atomic E-state index is 7.14. The Kier molecular flexibility index (Phi) is 4.34. The van der Waals surface area contributed by atoms with E-state index in [1.807, 2.05) is 0 Å². The van der Waals surface area contributed by atoms with Crippen molar-refractivity contribution in [3.63, 3.8) is 0 Å². The summed E-state index contributed by atoms with van der Waals surface area (Å²) >= 11 is 14.3. The van der Waals surface area contributed by atoms with Gasteiger partial charge in [0.25, 0.3) is 0 Å². The van der Waals surface area contributed by atoms with E-state index >= 15 is 0 Å². The highest BCUT2D eigenvalue weighted by Crippen LogP contribution is 2.46. The molecule has 0 amide bonds. The Balaban J connectivity index is 1.52. The fraction of sp³-hybridized carbons (Fsp3) is 1.00. The van der Waals surface area contributed by atoms with Crippen LogP contribution in [0.15, 0.2) is 0 Å². The van der Waals surface area contributed by atoms with Gasteiger partial charge in [-0.3, -0.25) is 9.13 Å². The summed E-state index contributed by atoms with van der Waals surface area (Å²) < 4.78 is 5.19. The first-order valence-corrected chi connectivity index (χ1v) is 13.0. The fourth-order valence-corrected chi connectivity index (χ4v) is 10.8. The Bertz CT molecular complexity index is 358. The Morgan fingerprint density at radius 3 is 1.52 bits per heavy atom. The molecule has 0 spiro atoms. The summed E-state index contributed by atoms with van der Waals surface area (Å²) in [5, 5.41) is 0. The van der Waals surface area contributed by atoms with Crippen LogP contribution in [0.25, 0.3) is 0 Å². The SMILES string of the molecule is Cl[Si](Cl)(N1CCC2CCCCC21)N1CCC2CCCCC21. The van der Waals surface area contributed by atoms with Crippen LogP contribution in [-0.2, 0) is 0 Å². The Morgan fingerprint density at radius 2 is 1.05 bits per heavy atom.